The number of hydrogen-bond acceptors (Lipinski definition) is 8. The first-order chi connectivity index (χ1) is 38.6. The van der Waals surface area contributed by atoms with Crippen molar-refractivity contribution in [3.05, 3.63) is 109 Å². The first kappa shape index (κ1) is 75.0. The van der Waals surface area contributed by atoms with Crippen LogP contribution in [0, 0.1) is 0 Å². The zero-order valence-corrected chi connectivity index (χ0v) is 51.5. The summed E-state index contributed by atoms with van der Waals surface area (Å²) in [5.41, 5.74) is 0. The number of allylic oxidation sites excluding steroid dienone is 18. The van der Waals surface area contributed by atoms with E-state index in [9.17, 15) is 19.5 Å². The molecule has 0 saturated heterocycles. The summed E-state index contributed by atoms with van der Waals surface area (Å²) in [4.78, 5) is 37.4. The Balaban J connectivity index is 4.14. The summed E-state index contributed by atoms with van der Waals surface area (Å²) in [6.07, 6.45) is 80.2. The zero-order valence-electron chi connectivity index (χ0n) is 51.5. The van der Waals surface area contributed by atoms with Gasteiger partial charge in [-0.2, -0.15) is 0 Å². The molecule has 0 aromatic rings. The topological polar surface area (TPSA) is 111 Å². The number of likely N-dealkylation sites (N-methyl/N-ethyl adjacent to an activating group) is 1. The minimum Gasteiger partial charge on any atom is -0.545 e. The molecule has 0 radical (unpaired) electrons. The van der Waals surface area contributed by atoms with Gasteiger partial charge in [-0.05, 0) is 96.3 Å². The van der Waals surface area contributed by atoms with E-state index in [-0.39, 0.29) is 38.6 Å². The van der Waals surface area contributed by atoms with Crippen molar-refractivity contribution in [1.82, 2.24) is 0 Å². The van der Waals surface area contributed by atoms with Crippen molar-refractivity contribution in [2.24, 2.45) is 0 Å². The normalized spacial score (nSPS) is 13.5. The fraction of sp³-hybridized carbons (Fsp3) is 0.700. The van der Waals surface area contributed by atoms with Crippen LogP contribution in [-0.4, -0.2) is 82.3 Å². The molecule has 9 heteroatoms. The van der Waals surface area contributed by atoms with Crippen molar-refractivity contribution in [3.8, 4) is 0 Å². The standard InChI is InChI=1S/C70H119NO8/c1-6-8-10-12-14-16-18-20-22-24-26-28-29-30-31-32-33-34-35-36-37-38-39-41-42-44-46-48-50-52-54-56-58-60-67(72)77-64-66(65-78-70(69(74)75)76-63-62-71(3,4)5)79-68(73)61-59-57-55-53-51-49-47-45-43-40-27-25-23-21-19-17-15-13-11-9-7-2/h8-11,14-17,20-23,26-28,40,45,47,66,70H,6-7,12-13,18-19,24-25,29-39,41-44,46,48-65H2,1-5H3/b10-8-,11-9-,16-14-,17-15-,22-20-,23-21-,28-26-,40-27-,47-45-. The molecule has 0 aliphatic rings. The lowest BCUT2D eigenvalue weighted by Gasteiger charge is -2.26. The van der Waals surface area contributed by atoms with Gasteiger partial charge in [0.15, 0.2) is 12.4 Å². The van der Waals surface area contributed by atoms with E-state index in [0.717, 1.165) is 109 Å². The first-order valence-electron chi connectivity index (χ1n) is 32.0. The summed E-state index contributed by atoms with van der Waals surface area (Å²) in [6.45, 7) is 4.51. The Morgan fingerprint density at radius 3 is 1.01 bits per heavy atom. The van der Waals surface area contributed by atoms with Gasteiger partial charge in [-0.1, -0.05) is 258 Å². The Morgan fingerprint density at radius 2 is 0.684 bits per heavy atom. The molecule has 0 bridgehead atoms. The van der Waals surface area contributed by atoms with Crippen molar-refractivity contribution in [2.45, 2.75) is 270 Å². The van der Waals surface area contributed by atoms with Crippen LogP contribution in [0.25, 0.3) is 0 Å². The van der Waals surface area contributed by atoms with Gasteiger partial charge in [-0.15, -0.1) is 0 Å². The van der Waals surface area contributed by atoms with Gasteiger partial charge in [0.1, 0.15) is 13.2 Å². The predicted molar refractivity (Wildman–Crippen MR) is 333 cm³/mol. The third-order valence-corrected chi connectivity index (χ3v) is 13.5. The number of carboxylic acids is 1. The summed E-state index contributed by atoms with van der Waals surface area (Å²) < 4.78 is 22.7. The molecule has 0 heterocycles. The monoisotopic (exact) mass is 1100 g/mol. The average Bonchev–Trinajstić information content (AvgIpc) is 3.42. The molecule has 79 heavy (non-hydrogen) atoms. The average molecular weight is 1100 g/mol. The van der Waals surface area contributed by atoms with E-state index in [4.69, 9.17) is 18.9 Å². The minimum atomic E-state index is -1.63. The van der Waals surface area contributed by atoms with Gasteiger partial charge >= 0.3 is 11.9 Å². The van der Waals surface area contributed by atoms with E-state index < -0.39 is 24.3 Å². The van der Waals surface area contributed by atoms with Crippen LogP contribution in [0.5, 0.6) is 0 Å². The molecule has 0 aromatic carbocycles. The summed E-state index contributed by atoms with van der Waals surface area (Å²) in [5, 5.41) is 11.8. The molecule has 0 saturated carbocycles. The smallest absolute Gasteiger partial charge is 0.306 e. The number of rotatable bonds is 58. The molecule has 0 aliphatic heterocycles. The summed E-state index contributed by atoms with van der Waals surface area (Å²) in [7, 11) is 5.91. The van der Waals surface area contributed by atoms with Gasteiger partial charge in [0.05, 0.1) is 40.3 Å². The molecule has 452 valence electrons. The highest BCUT2D eigenvalue weighted by Gasteiger charge is 2.22. The largest absolute Gasteiger partial charge is 0.545 e. The summed E-state index contributed by atoms with van der Waals surface area (Å²) in [6, 6.07) is 0. The van der Waals surface area contributed by atoms with Crippen molar-refractivity contribution in [2.75, 3.05) is 47.5 Å². The number of aliphatic carboxylic acids is 1. The second-order valence-corrected chi connectivity index (χ2v) is 22.3. The lowest BCUT2D eigenvalue weighted by molar-refractivity contribution is -0.870. The molecule has 0 rings (SSSR count). The third-order valence-electron chi connectivity index (χ3n) is 13.5. The molecule has 0 amide bonds. The van der Waals surface area contributed by atoms with Crippen LogP contribution in [0.4, 0.5) is 0 Å². The number of carbonyl (C=O) groups is 3. The molecule has 0 aromatic heterocycles. The Labute approximate surface area is 485 Å². The van der Waals surface area contributed by atoms with Gasteiger partial charge < -0.3 is 33.3 Å². The maximum atomic E-state index is 12.9. The van der Waals surface area contributed by atoms with E-state index in [1.807, 2.05) is 21.1 Å². The molecule has 9 nitrogen and oxygen atoms in total. The number of carboxylic acid groups (broad SMARTS) is 1. The van der Waals surface area contributed by atoms with Crippen LogP contribution >= 0.6 is 0 Å². The minimum absolute atomic E-state index is 0.140. The summed E-state index contributed by atoms with van der Waals surface area (Å²) >= 11 is 0. The van der Waals surface area contributed by atoms with Gasteiger partial charge in [0.2, 0.25) is 0 Å². The Kier molecular flexibility index (Phi) is 57.0. The Hall–Kier alpha value is -4.05. The van der Waals surface area contributed by atoms with Crippen LogP contribution in [-0.2, 0) is 33.3 Å². The number of ether oxygens (including phenoxy) is 4. The van der Waals surface area contributed by atoms with Gasteiger partial charge in [0, 0.05) is 12.8 Å². The molecular weight excluding hydrogens is 983 g/mol. The van der Waals surface area contributed by atoms with Crippen LogP contribution in [0.2, 0.25) is 0 Å². The number of carbonyl (C=O) groups excluding carboxylic acids is 3. The fourth-order valence-electron chi connectivity index (χ4n) is 8.67. The molecule has 0 N–H and O–H groups in total. The van der Waals surface area contributed by atoms with E-state index in [1.165, 1.54) is 116 Å². The van der Waals surface area contributed by atoms with E-state index in [2.05, 4.69) is 123 Å². The highest BCUT2D eigenvalue weighted by Crippen LogP contribution is 2.17. The molecule has 2 atom stereocenters. The van der Waals surface area contributed by atoms with E-state index in [0.29, 0.717) is 17.4 Å². The summed E-state index contributed by atoms with van der Waals surface area (Å²) in [5.74, 6) is -2.31. The second kappa shape index (κ2) is 60.1. The van der Waals surface area contributed by atoms with Crippen molar-refractivity contribution in [1.29, 1.82) is 0 Å². The quantitative estimate of drug-likeness (QED) is 0.0195. The SMILES string of the molecule is CC/C=C\C/C=C\C/C=C\C/C=C\C/C=C\CCCCCCCC(=O)OC(COC(=O)CCCCCCCCCCCCCCCCCCCCCC/C=C\C/C=C\C/C=C\C/C=C\CC)COC(OCC[N+](C)(C)C)C(=O)[O-]. The Bertz CT molecular complexity index is 1660. The highest BCUT2D eigenvalue weighted by molar-refractivity contribution is 5.70. The molecule has 0 aliphatic carbocycles. The van der Waals surface area contributed by atoms with E-state index in [1.54, 1.807) is 0 Å². The number of hydrogen-bond donors (Lipinski definition) is 0. The van der Waals surface area contributed by atoms with Crippen molar-refractivity contribution in [3.63, 3.8) is 0 Å². The Morgan fingerprint density at radius 1 is 0.380 bits per heavy atom. The van der Waals surface area contributed by atoms with Gasteiger partial charge in [0.25, 0.3) is 0 Å². The van der Waals surface area contributed by atoms with Gasteiger partial charge in [-0.3, -0.25) is 9.59 Å². The lowest BCUT2D eigenvalue weighted by atomic mass is 10.0. The molecule has 0 fully saturated rings. The fourth-order valence-corrected chi connectivity index (χ4v) is 8.67. The first-order valence-corrected chi connectivity index (χ1v) is 32.0. The highest BCUT2D eigenvalue weighted by atomic mass is 16.7. The maximum absolute atomic E-state index is 12.9. The van der Waals surface area contributed by atoms with Crippen molar-refractivity contribution < 1.29 is 42.9 Å². The van der Waals surface area contributed by atoms with Crippen molar-refractivity contribution >= 4 is 17.9 Å². The number of quaternary nitrogens is 1. The van der Waals surface area contributed by atoms with Crippen LogP contribution in [0.15, 0.2) is 109 Å². The molecule has 0 spiro atoms. The predicted octanol–water partition coefficient (Wildman–Crippen LogP) is 18.1. The lowest BCUT2D eigenvalue weighted by Crippen LogP contribution is -2.44. The van der Waals surface area contributed by atoms with Crippen LogP contribution < -0.4 is 5.11 Å². The van der Waals surface area contributed by atoms with Crippen LogP contribution in [0.3, 0.4) is 0 Å². The van der Waals surface area contributed by atoms with Gasteiger partial charge in [-0.25, -0.2) is 0 Å². The third kappa shape index (κ3) is 61.4. The second-order valence-electron chi connectivity index (χ2n) is 22.3. The number of unbranched alkanes of at least 4 members (excludes halogenated alkanes) is 25. The zero-order chi connectivity index (χ0) is 57.6. The molecular formula is C70H119NO8. The number of nitrogens with zero attached hydrogens (tertiary/aromatic N) is 1. The maximum Gasteiger partial charge on any atom is 0.306 e. The van der Waals surface area contributed by atoms with Crippen LogP contribution in [0.1, 0.15) is 258 Å². The molecule has 2 unspecified atom stereocenters. The number of esters is 2. The van der Waals surface area contributed by atoms with E-state index >= 15 is 0 Å².